The quantitative estimate of drug-likeness (QED) is 0.917. The van der Waals surface area contributed by atoms with E-state index in [1.54, 1.807) is 0 Å². The van der Waals surface area contributed by atoms with Crippen molar-refractivity contribution in [3.05, 3.63) is 17.8 Å². The smallest absolute Gasteiger partial charge is 0.368 e. The van der Waals surface area contributed by atoms with Gasteiger partial charge in [-0.25, -0.2) is 8.42 Å². The van der Waals surface area contributed by atoms with Crippen LogP contribution in [-0.4, -0.2) is 36.7 Å². The average Bonchev–Trinajstić information content (AvgIpc) is 2.68. The number of nitrogens with zero attached hydrogens (tertiary/aromatic N) is 2. The highest BCUT2D eigenvalue weighted by Crippen LogP contribution is 2.33. The Hall–Kier alpha value is -1.38. The molecule has 1 aromatic rings. The van der Waals surface area contributed by atoms with Gasteiger partial charge in [0.25, 0.3) is 0 Å². The van der Waals surface area contributed by atoms with Crippen LogP contribution in [0.4, 0.5) is 19.0 Å². The molecule has 112 valence electrons. The highest BCUT2D eigenvalue weighted by atomic mass is 32.2. The maximum Gasteiger partial charge on any atom is 0.420 e. The van der Waals surface area contributed by atoms with Crippen LogP contribution in [0.1, 0.15) is 18.4 Å². The number of hydrogen-bond acceptors (Lipinski definition) is 5. The van der Waals surface area contributed by atoms with Crippen LogP contribution in [0.5, 0.6) is 0 Å². The molecule has 0 saturated carbocycles. The van der Waals surface area contributed by atoms with Crippen molar-refractivity contribution in [2.24, 2.45) is 5.92 Å². The normalized spacial score (nSPS) is 21.9. The second-order valence-electron chi connectivity index (χ2n) is 4.78. The molecule has 1 atom stereocenters. The monoisotopic (exact) mass is 309 g/mol. The zero-order valence-corrected chi connectivity index (χ0v) is 11.3. The summed E-state index contributed by atoms with van der Waals surface area (Å²) < 4.78 is 60.6. The fourth-order valence-corrected chi connectivity index (χ4v) is 4.10. The summed E-state index contributed by atoms with van der Waals surface area (Å²) in [5.74, 6) is -0.0444. The van der Waals surface area contributed by atoms with Crippen molar-refractivity contribution in [2.75, 3.05) is 23.4 Å². The largest absolute Gasteiger partial charge is 0.420 e. The molecule has 1 aliphatic heterocycles. The van der Waals surface area contributed by atoms with Gasteiger partial charge in [0.2, 0.25) is 0 Å². The molecule has 1 N–H and O–H groups in total. The number of sulfone groups is 1. The number of nitrogens with one attached hydrogen (secondary N) is 1. The van der Waals surface area contributed by atoms with Crippen LogP contribution < -0.4 is 5.32 Å². The van der Waals surface area contributed by atoms with E-state index < -0.39 is 21.6 Å². The van der Waals surface area contributed by atoms with Crippen molar-refractivity contribution in [1.29, 1.82) is 0 Å². The summed E-state index contributed by atoms with van der Waals surface area (Å²) in [5, 5.41) is 9.45. The lowest BCUT2D eigenvalue weighted by Gasteiger charge is -2.13. The number of anilines is 1. The number of hydrogen-bond donors (Lipinski definition) is 1. The molecule has 0 bridgehead atoms. The van der Waals surface area contributed by atoms with E-state index >= 15 is 0 Å². The number of alkyl halides is 3. The van der Waals surface area contributed by atoms with E-state index in [1.165, 1.54) is 0 Å². The van der Waals surface area contributed by atoms with Crippen molar-refractivity contribution < 1.29 is 21.6 Å². The van der Waals surface area contributed by atoms with Crippen molar-refractivity contribution in [1.82, 2.24) is 10.2 Å². The van der Waals surface area contributed by atoms with E-state index in [0.717, 1.165) is 12.3 Å². The van der Waals surface area contributed by atoms with Gasteiger partial charge >= 0.3 is 6.18 Å². The second-order valence-corrected chi connectivity index (χ2v) is 7.00. The summed E-state index contributed by atoms with van der Waals surface area (Å²) in [7, 11) is -2.96. The van der Waals surface area contributed by atoms with Gasteiger partial charge < -0.3 is 5.32 Å². The summed E-state index contributed by atoms with van der Waals surface area (Å²) >= 11 is 0. The van der Waals surface area contributed by atoms with Crippen molar-refractivity contribution in [2.45, 2.75) is 19.0 Å². The molecule has 1 fully saturated rings. The van der Waals surface area contributed by atoms with Gasteiger partial charge in [0, 0.05) is 6.54 Å². The second kappa shape index (κ2) is 5.55. The van der Waals surface area contributed by atoms with Gasteiger partial charge in [-0.3, -0.25) is 0 Å². The minimum atomic E-state index is -4.49. The summed E-state index contributed by atoms with van der Waals surface area (Å²) in [6.07, 6.45) is -2.45. The SMILES string of the molecule is O=S1(=O)CCC(CCNc2nnccc2C(F)(F)F)C1. The van der Waals surface area contributed by atoms with Gasteiger partial charge in [0.05, 0.1) is 17.7 Å². The summed E-state index contributed by atoms with van der Waals surface area (Å²) in [6.45, 7) is 0.238. The molecule has 0 aliphatic carbocycles. The molecule has 9 heteroatoms. The van der Waals surface area contributed by atoms with E-state index in [4.69, 9.17) is 0 Å². The van der Waals surface area contributed by atoms with Gasteiger partial charge in [-0.05, 0) is 24.8 Å². The van der Waals surface area contributed by atoms with Crippen molar-refractivity contribution in [3.8, 4) is 0 Å². The van der Waals surface area contributed by atoms with Crippen molar-refractivity contribution >= 4 is 15.7 Å². The van der Waals surface area contributed by atoms with Crippen LogP contribution in [0.15, 0.2) is 12.3 Å². The van der Waals surface area contributed by atoms with E-state index in [2.05, 4.69) is 15.5 Å². The van der Waals surface area contributed by atoms with E-state index in [1.807, 2.05) is 0 Å². The minimum absolute atomic E-state index is 0.00138. The molecule has 0 amide bonds. The standard InChI is InChI=1S/C11H14F3N3O2S/c12-11(13,14)9-2-5-16-17-10(9)15-4-1-8-3-6-20(18,19)7-8/h2,5,8H,1,3-4,6-7H2,(H,15,17). The Bertz CT molecular complexity index is 575. The zero-order chi connectivity index (χ0) is 14.8. The van der Waals surface area contributed by atoms with Crippen LogP contribution in [0, 0.1) is 5.92 Å². The predicted octanol–water partition coefficient (Wildman–Crippen LogP) is 1.73. The first-order valence-electron chi connectivity index (χ1n) is 6.11. The minimum Gasteiger partial charge on any atom is -0.368 e. The van der Waals surface area contributed by atoms with Crippen LogP contribution in [-0.2, 0) is 16.0 Å². The fourth-order valence-electron chi connectivity index (χ4n) is 2.19. The molecular weight excluding hydrogens is 295 g/mol. The van der Waals surface area contributed by atoms with E-state index in [0.29, 0.717) is 12.8 Å². The first-order valence-corrected chi connectivity index (χ1v) is 7.93. The number of aromatic nitrogens is 2. The zero-order valence-electron chi connectivity index (χ0n) is 10.5. The van der Waals surface area contributed by atoms with Gasteiger partial charge in [0.1, 0.15) is 5.56 Å². The van der Waals surface area contributed by atoms with E-state index in [-0.39, 0.29) is 29.8 Å². The molecule has 0 radical (unpaired) electrons. The Morgan fingerprint density at radius 2 is 2.15 bits per heavy atom. The molecule has 0 spiro atoms. The van der Waals surface area contributed by atoms with Crippen LogP contribution in [0.3, 0.4) is 0 Å². The van der Waals surface area contributed by atoms with E-state index in [9.17, 15) is 21.6 Å². The molecule has 5 nitrogen and oxygen atoms in total. The summed E-state index contributed by atoms with van der Waals surface area (Å²) in [6, 6.07) is 0.857. The molecule has 20 heavy (non-hydrogen) atoms. The first kappa shape index (κ1) is 15.0. The lowest BCUT2D eigenvalue weighted by Crippen LogP contribution is -2.16. The van der Waals surface area contributed by atoms with Gasteiger partial charge in [-0.2, -0.15) is 18.3 Å². The third kappa shape index (κ3) is 3.81. The molecule has 1 aromatic heterocycles. The lowest BCUT2D eigenvalue weighted by atomic mass is 10.1. The van der Waals surface area contributed by atoms with Gasteiger partial charge in [0.15, 0.2) is 15.7 Å². The third-order valence-corrected chi connectivity index (χ3v) is 5.03. The highest BCUT2D eigenvalue weighted by molar-refractivity contribution is 7.91. The van der Waals surface area contributed by atoms with Gasteiger partial charge in [-0.15, -0.1) is 5.10 Å². The predicted molar refractivity (Wildman–Crippen MR) is 66.9 cm³/mol. The Morgan fingerprint density at radius 3 is 2.75 bits per heavy atom. The maximum absolute atomic E-state index is 12.7. The van der Waals surface area contributed by atoms with Crippen LogP contribution >= 0.6 is 0 Å². The molecule has 1 unspecified atom stereocenters. The molecule has 0 aromatic carbocycles. The maximum atomic E-state index is 12.7. The third-order valence-electron chi connectivity index (χ3n) is 3.20. The topological polar surface area (TPSA) is 72.0 Å². The number of halogens is 3. The first-order chi connectivity index (χ1) is 9.28. The Morgan fingerprint density at radius 1 is 1.40 bits per heavy atom. The Labute approximate surface area is 114 Å². The average molecular weight is 309 g/mol. The summed E-state index contributed by atoms with van der Waals surface area (Å²) in [5.41, 5.74) is -0.869. The molecular formula is C11H14F3N3O2S. The highest BCUT2D eigenvalue weighted by Gasteiger charge is 2.34. The fraction of sp³-hybridized carbons (Fsp3) is 0.636. The number of rotatable bonds is 4. The molecule has 1 saturated heterocycles. The Kier molecular flexibility index (Phi) is 4.17. The Balaban J connectivity index is 1.92. The summed E-state index contributed by atoms with van der Waals surface area (Å²) in [4.78, 5) is 0. The molecule has 1 aliphatic rings. The molecule has 2 rings (SSSR count). The van der Waals surface area contributed by atoms with Gasteiger partial charge in [-0.1, -0.05) is 0 Å². The van der Waals surface area contributed by atoms with Crippen molar-refractivity contribution in [3.63, 3.8) is 0 Å². The van der Waals surface area contributed by atoms with Crippen LogP contribution in [0.25, 0.3) is 0 Å². The lowest BCUT2D eigenvalue weighted by molar-refractivity contribution is -0.137. The van der Waals surface area contributed by atoms with Crippen LogP contribution in [0.2, 0.25) is 0 Å². The molecule has 2 heterocycles.